The molecule has 1 aromatic carbocycles. The van der Waals surface area contributed by atoms with Crippen LogP contribution in [0.3, 0.4) is 0 Å². The quantitative estimate of drug-likeness (QED) is 0.941. The number of nitrogens with one attached hydrogen (secondary N) is 1. The van der Waals surface area contributed by atoms with Crippen LogP contribution >= 0.6 is 0 Å². The fourth-order valence-corrected chi connectivity index (χ4v) is 2.99. The van der Waals surface area contributed by atoms with Crippen molar-refractivity contribution in [3.8, 4) is 5.88 Å². The van der Waals surface area contributed by atoms with Crippen molar-refractivity contribution in [3.05, 3.63) is 47.9 Å². The zero-order valence-electron chi connectivity index (χ0n) is 14.0. The number of aryl methyl sites for hydroxylation is 2. The van der Waals surface area contributed by atoms with Gasteiger partial charge in [-0.3, -0.25) is 0 Å². The van der Waals surface area contributed by atoms with Crippen molar-refractivity contribution in [2.24, 2.45) is 0 Å². The molecule has 1 aromatic heterocycles. The summed E-state index contributed by atoms with van der Waals surface area (Å²) in [5.41, 5.74) is 3.10. The van der Waals surface area contributed by atoms with Crippen LogP contribution in [0.1, 0.15) is 24.0 Å². The lowest BCUT2D eigenvalue weighted by molar-refractivity contribution is 0.102. The monoisotopic (exact) mass is 326 g/mol. The summed E-state index contributed by atoms with van der Waals surface area (Å²) in [5, 5.41) is 2.98. The first-order valence-electron chi connectivity index (χ1n) is 8.17. The fraction of sp³-hybridized carbons (Fsp3) is 0.389. The lowest BCUT2D eigenvalue weighted by atomic mass is 10.1. The third kappa shape index (κ3) is 4.22. The average molecular weight is 326 g/mol. The van der Waals surface area contributed by atoms with Gasteiger partial charge in [-0.05, 0) is 49.9 Å². The predicted molar refractivity (Wildman–Crippen MR) is 92.2 cm³/mol. The van der Waals surface area contributed by atoms with Crippen LogP contribution in [0.2, 0.25) is 0 Å². The van der Waals surface area contributed by atoms with E-state index in [9.17, 15) is 4.79 Å². The predicted octanol–water partition coefficient (Wildman–Crippen LogP) is 3.17. The van der Waals surface area contributed by atoms with Crippen LogP contribution in [0.5, 0.6) is 5.88 Å². The molecule has 1 atom stereocenters. The summed E-state index contributed by atoms with van der Waals surface area (Å²) in [6, 6.07) is 7.68. The minimum absolute atomic E-state index is 0.0429. The van der Waals surface area contributed by atoms with Crippen molar-refractivity contribution in [1.82, 2.24) is 14.9 Å². The molecule has 126 valence electrons. The summed E-state index contributed by atoms with van der Waals surface area (Å²) in [5.74, 6) is 0.548. The van der Waals surface area contributed by atoms with Crippen molar-refractivity contribution in [1.29, 1.82) is 0 Å². The molecule has 6 nitrogen and oxygen atoms in total. The van der Waals surface area contributed by atoms with Crippen LogP contribution in [0, 0.1) is 13.8 Å². The van der Waals surface area contributed by atoms with Crippen LogP contribution in [0.4, 0.5) is 10.5 Å². The Hall–Kier alpha value is -2.63. The molecule has 1 aliphatic heterocycles. The molecule has 6 heteroatoms. The van der Waals surface area contributed by atoms with E-state index in [2.05, 4.69) is 21.4 Å². The maximum Gasteiger partial charge on any atom is 0.321 e. The highest BCUT2D eigenvalue weighted by atomic mass is 16.5. The van der Waals surface area contributed by atoms with Gasteiger partial charge in [0, 0.05) is 24.5 Å². The summed E-state index contributed by atoms with van der Waals surface area (Å²) >= 11 is 0. The molecule has 2 aromatic rings. The summed E-state index contributed by atoms with van der Waals surface area (Å²) in [6.45, 7) is 5.34. The largest absolute Gasteiger partial charge is 0.472 e. The van der Waals surface area contributed by atoms with Gasteiger partial charge in [0.05, 0.1) is 6.54 Å². The van der Waals surface area contributed by atoms with Gasteiger partial charge in [-0.1, -0.05) is 6.07 Å². The molecular weight excluding hydrogens is 304 g/mol. The SMILES string of the molecule is Cc1cc(C)cc(NC(=O)N2CCCC(Oc3ccncn3)C2)c1. The molecule has 1 aliphatic rings. The number of anilines is 1. The van der Waals surface area contributed by atoms with E-state index in [0.717, 1.165) is 36.2 Å². The van der Waals surface area contributed by atoms with Gasteiger partial charge >= 0.3 is 6.03 Å². The van der Waals surface area contributed by atoms with E-state index in [-0.39, 0.29) is 12.1 Å². The first-order valence-corrected chi connectivity index (χ1v) is 8.17. The van der Waals surface area contributed by atoms with Gasteiger partial charge in [0.15, 0.2) is 0 Å². The minimum Gasteiger partial charge on any atom is -0.472 e. The molecule has 1 fully saturated rings. The number of urea groups is 1. The fourth-order valence-electron chi connectivity index (χ4n) is 2.99. The zero-order valence-corrected chi connectivity index (χ0v) is 14.0. The highest BCUT2D eigenvalue weighted by Gasteiger charge is 2.25. The average Bonchev–Trinajstić information content (AvgIpc) is 2.55. The number of ether oxygens (including phenoxy) is 1. The molecule has 3 rings (SSSR count). The van der Waals surface area contributed by atoms with Gasteiger partial charge < -0.3 is 15.0 Å². The maximum absolute atomic E-state index is 12.5. The lowest BCUT2D eigenvalue weighted by Gasteiger charge is -2.32. The van der Waals surface area contributed by atoms with Gasteiger partial charge in [-0.2, -0.15) is 0 Å². The molecule has 2 heterocycles. The summed E-state index contributed by atoms with van der Waals surface area (Å²) in [4.78, 5) is 22.3. The van der Waals surface area contributed by atoms with Gasteiger partial charge in [0.2, 0.25) is 5.88 Å². The Balaban J connectivity index is 1.60. The van der Waals surface area contributed by atoms with E-state index in [0.29, 0.717) is 12.4 Å². The Kier molecular flexibility index (Phi) is 4.93. The van der Waals surface area contributed by atoms with Crippen molar-refractivity contribution < 1.29 is 9.53 Å². The number of aromatic nitrogens is 2. The third-order valence-electron chi connectivity index (χ3n) is 3.98. The van der Waals surface area contributed by atoms with Crippen molar-refractivity contribution in [3.63, 3.8) is 0 Å². The summed E-state index contributed by atoms with van der Waals surface area (Å²) in [7, 11) is 0. The topological polar surface area (TPSA) is 67.4 Å². The van der Waals surface area contributed by atoms with E-state index in [1.165, 1.54) is 6.33 Å². The van der Waals surface area contributed by atoms with Gasteiger partial charge in [-0.15, -0.1) is 0 Å². The first kappa shape index (κ1) is 16.2. The number of carbonyl (C=O) groups is 1. The molecule has 24 heavy (non-hydrogen) atoms. The second-order valence-corrected chi connectivity index (χ2v) is 6.18. The van der Waals surface area contributed by atoms with Crippen LogP contribution in [0.25, 0.3) is 0 Å². The van der Waals surface area contributed by atoms with Crippen LogP contribution in [0.15, 0.2) is 36.8 Å². The Morgan fingerprint density at radius 2 is 2.08 bits per heavy atom. The van der Waals surface area contributed by atoms with E-state index in [1.54, 1.807) is 17.2 Å². The smallest absolute Gasteiger partial charge is 0.321 e. The van der Waals surface area contributed by atoms with E-state index in [4.69, 9.17) is 4.74 Å². The molecular formula is C18H22N4O2. The number of hydrogen-bond acceptors (Lipinski definition) is 4. The van der Waals surface area contributed by atoms with Crippen LogP contribution < -0.4 is 10.1 Å². The normalized spacial score (nSPS) is 17.4. The number of nitrogens with zero attached hydrogens (tertiary/aromatic N) is 3. The highest BCUT2D eigenvalue weighted by molar-refractivity contribution is 5.89. The molecule has 0 spiro atoms. The summed E-state index contributed by atoms with van der Waals surface area (Å²) < 4.78 is 5.85. The van der Waals surface area contributed by atoms with Gasteiger partial charge in [0.1, 0.15) is 12.4 Å². The number of benzene rings is 1. The number of piperidine rings is 1. The lowest BCUT2D eigenvalue weighted by Crippen LogP contribution is -2.46. The molecule has 0 bridgehead atoms. The Labute approximate surface area is 141 Å². The highest BCUT2D eigenvalue weighted by Crippen LogP contribution is 2.18. The number of rotatable bonds is 3. The number of likely N-dealkylation sites (tertiary alicyclic amines) is 1. The first-order chi connectivity index (χ1) is 11.6. The zero-order chi connectivity index (χ0) is 16.9. The summed E-state index contributed by atoms with van der Waals surface area (Å²) in [6.07, 6.45) is 4.89. The molecule has 2 amide bonds. The van der Waals surface area contributed by atoms with E-state index < -0.39 is 0 Å². The molecule has 0 saturated carbocycles. The Morgan fingerprint density at radius 3 is 2.79 bits per heavy atom. The van der Waals surface area contributed by atoms with E-state index in [1.807, 2.05) is 26.0 Å². The van der Waals surface area contributed by atoms with Crippen molar-refractivity contribution >= 4 is 11.7 Å². The molecule has 1 unspecified atom stereocenters. The van der Waals surface area contributed by atoms with Crippen molar-refractivity contribution in [2.45, 2.75) is 32.8 Å². The van der Waals surface area contributed by atoms with Crippen LogP contribution in [-0.2, 0) is 0 Å². The molecule has 1 saturated heterocycles. The Bertz CT molecular complexity index is 685. The van der Waals surface area contributed by atoms with Crippen LogP contribution in [-0.4, -0.2) is 40.1 Å². The number of hydrogen-bond donors (Lipinski definition) is 1. The molecule has 0 radical (unpaired) electrons. The second-order valence-electron chi connectivity index (χ2n) is 6.18. The minimum atomic E-state index is -0.0870. The number of amides is 2. The molecule has 0 aliphatic carbocycles. The number of carbonyl (C=O) groups excluding carboxylic acids is 1. The molecule has 1 N–H and O–H groups in total. The Morgan fingerprint density at radius 1 is 1.29 bits per heavy atom. The maximum atomic E-state index is 12.5. The van der Waals surface area contributed by atoms with Gasteiger partial charge in [0.25, 0.3) is 0 Å². The van der Waals surface area contributed by atoms with Crippen molar-refractivity contribution in [2.75, 3.05) is 18.4 Å². The van der Waals surface area contributed by atoms with Gasteiger partial charge in [-0.25, -0.2) is 14.8 Å². The van der Waals surface area contributed by atoms with E-state index >= 15 is 0 Å². The second kappa shape index (κ2) is 7.29. The third-order valence-corrected chi connectivity index (χ3v) is 3.98. The standard InChI is InChI=1S/C18H22N4O2/c1-13-8-14(2)10-15(9-13)21-18(23)22-7-3-4-16(11-22)24-17-5-6-19-12-20-17/h5-6,8-10,12,16H,3-4,7,11H2,1-2H3,(H,21,23).